The number of unbranched alkanes of at least 4 members (excludes halogenated alkanes) is 23. The Hall–Kier alpha value is -4.71. The molecule has 80 heavy (non-hydrogen) atoms. The van der Waals surface area contributed by atoms with Gasteiger partial charge in [0.15, 0.2) is 6.10 Å². The van der Waals surface area contributed by atoms with Crippen LogP contribution in [0.2, 0.25) is 0 Å². The van der Waals surface area contributed by atoms with E-state index in [1.165, 1.54) is 83.5 Å². The van der Waals surface area contributed by atoms with Crippen LogP contribution in [0.15, 0.2) is 146 Å². The number of rotatable bonds is 58. The molecule has 0 aromatic carbocycles. The Morgan fingerprint density at radius 2 is 0.487 bits per heavy atom. The van der Waals surface area contributed by atoms with Crippen molar-refractivity contribution < 1.29 is 28.6 Å². The van der Waals surface area contributed by atoms with Crippen molar-refractivity contribution in [2.75, 3.05) is 13.2 Å². The number of carbonyl (C=O) groups excluding carboxylic acids is 3. The van der Waals surface area contributed by atoms with E-state index in [2.05, 4.69) is 167 Å². The molecule has 0 N–H and O–H groups in total. The van der Waals surface area contributed by atoms with Crippen molar-refractivity contribution in [3.8, 4) is 0 Å². The first-order chi connectivity index (χ1) is 39.5. The zero-order chi connectivity index (χ0) is 57.8. The monoisotopic (exact) mass is 1100 g/mol. The Kier molecular flexibility index (Phi) is 62.9. The van der Waals surface area contributed by atoms with Crippen LogP contribution >= 0.6 is 0 Å². The fraction of sp³-hybridized carbons (Fsp3) is 0.635. The van der Waals surface area contributed by atoms with Gasteiger partial charge >= 0.3 is 17.9 Å². The van der Waals surface area contributed by atoms with Crippen LogP contribution in [-0.2, 0) is 28.6 Å². The summed E-state index contributed by atoms with van der Waals surface area (Å²) >= 11 is 0. The van der Waals surface area contributed by atoms with Gasteiger partial charge in [-0.1, -0.05) is 269 Å². The van der Waals surface area contributed by atoms with Crippen molar-refractivity contribution in [1.82, 2.24) is 0 Å². The van der Waals surface area contributed by atoms with E-state index in [-0.39, 0.29) is 31.1 Å². The van der Waals surface area contributed by atoms with E-state index < -0.39 is 6.10 Å². The Morgan fingerprint density at radius 3 is 0.762 bits per heavy atom. The van der Waals surface area contributed by atoms with E-state index in [0.29, 0.717) is 19.3 Å². The highest BCUT2D eigenvalue weighted by Crippen LogP contribution is 2.15. The molecule has 0 radical (unpaired) electrons. The summed E-state index contributed by atoms with van der Waals surface area (Å²) < 4.78 is 16.9. The molecule has 0 amide bonds. The van der Waals surface area contributed by atoms with Gasteiger partial charge < -0.3 is 14.2 Å². The summed E-state index contributed by atoms with van der Waals surface area (Å²) in [5, 5.41) is 0. The van der Waals surface area contributed by atoms with Crippen LogP contribution in [0, 0.1) is 0 Å². The maximum atomic E-state index is 12.9. The van der Waals surface area contributed by atoms with Crippen LogP contribution in [-0.4, -0.2) is 37.2 Å². The van der Waals surface area contributed by atoms with Gasteiger partial charge in [0.2, 0.25) is 0 Å². The van der Waals surface area contributed by atoms with E-state index in [4.69, 9.17) is 14.2 Å². The van der Waals surface area contributed by atoms with Crippen LogP contribution in [0.4, 0.5) is 0 Å². The number of allylic oxidation sites excluding steroid dienone is 24. The van der Waals surface area contributed by atoms with Gasteiger partial charge in [-0.05, 0) is 141 Å². The van der Waals surface area contributed by atoms with Gasteiger partial charge in [-0.3, -0.25) is 14.4 Å². The quantitative estimate of drug-likeness (QED) is 0.0261. The fourth-order valence-corrected chi connectivity index (χ4v) is 8.70. The molecule has 0 rings (SSSR count). The Morgan fingerprint density at radius 1 is 0.263 bits per heavy atom. The minimum absolute atomic E-state index is 0.0977. The molecule has 1 atom stereocenters. The van der Waals surface area contributed by atoms with Gasteiger partial charge in [-0.2, -0.15) is 0 Å². The third-order valence-corrected chi connectivity index (χ3v) is 13.6. The van der Waals surface area contributed by atoms with Gasteiger partial charge in [0.25, 0.3) is 0 Å². The molecule has 6 nitrogen and oxygen atoms in total. The van der Waals surface area contributed by atoms with Crippen molar-refractivity contribution >= 4 is 17.9 Å². The maximum absolute atomic E-state index is 12.9. The highest BCUT2D eigenvalue weighted by atomic mass is 16.6. The average molecular weight is 1110 g/mol. The molecule has 1 unspecified atom stereocenters. The topological polar surface area (TPSA) is 78.9 Å². The summed E-state index contributed by atoms with van der Waals surface area (Å²) in [6, 6.07) is 0. The van der Waals surface area contributed by atoms with Gasteiger partial charge in [-0.25, -0.2) is 0 Å². The summed E-state index contributed by atoms with van der Waals surface area (Å²) in [6.45, 7) is 6.38. The molecule has 0 saturated carbocycles. The molecule has 0 aliphatic rings. The van der Waals surface area contributed by atoms with Crippen molar-refractivity contribution in [1.29, 1.82) is 0 Å². The molecule has 0 aromatic rings. The predicted molar refractivity (Wildman–Crippen MR) is 348 cm³/mol. The first kappa shape index (κ1) is 75.3. The molecule has 0 bridgehead atoms. The van der Waals surface area contributed by atoms with E-state index in [1.807, 2.05) is 0 Å². The third-order valence-electron chi connectivity index (χ3n) is 13.6. The van der Waals surface area contributed by atoms with E-state index in [1.54, 1.807) is 0 Å². The largest absolute Gasteiger partial charge is 0.462 e. The second-order valence-corrected chi connectivity index (χ2v) is 21.3. The van der Waals surface area contributed by atoms with Crippen molar-refractivity contribution in [2.24, 2.45) is 0 Å². The van der Waals surface area contributed by atoms with Crippen molar-refractivity contribution in [3.05, 3.63) is 146 Å². The predicted octanol–water partition coefficient (Wildman–Crippen LogP) is 22.7. The molecule has 0 aliphatic heterocycles. The summed E-state index contributed by atoms with van der Waals surface area (Å²) in [4.78, 5) is 38.4. The van der Waals surface area contributed by atoms with Gasteiger partial charge in [0, 0.05) is 19.3 Å². The summed E-state index contributed by atoms with van der Waals surface area (Å²) in [5.74, 6) is -0.932. The fourth-order valence-electron chi connectivity index (χ4n) is 8.70. The van der Waals surface area contributed by atoms with Gasteiger partial charge in [0.1, 0.15) is 13.2 Å². The molecule has 0 saturated heterocycles. The second-order valence-electron chi connectivity index (χ2n) is 21.3. The van der Waals surface area contributed by atoms with Crippen molar-refractivity contribution in [3.63, 3.8) is 0 Å². The summed E-state index contributed by atoms with van der Waals surface area (Å²) in [5.41, 5.74) is 0. The highest BCUT2D eigenvalue weighted by Gasteiger charge is 2.19. The van der Waals surface area contributed by atoms with E-state index in [0.717, 1.165) is 161 Å². The maximum Gasteiger partial charge on any atom is 0.306 e. The molecule has 0 fully saturated rings. The number of carbonyl (C=O) groups is 3. The third kappa shape index (κ3) is 64.1. The van der Waals surface area contributed by atoms with Crippen LogP contribution in [0.1, 0.15) is 284 Å². The minimum atomic E-state index is -0.804. The Balaban J connectivity index is 4.47. The number of hydrogen-bond donors (Lipinski definition) is 0. The molecular formula is C74H120O6. The van der Waals surface area contributed by atoms with Crippen LogP contribution in [0.3, 0.4) is 0 Å². The molecule has 0 spiro atoms. The SMILES string of the molecule is CC/C=C\C/C=C\C/C=C\C/C=C\C/C=C\C/C=C\CCCCCCCCC(=O)OCC(COC(=O)CCCCCCCCC/C=C\C/C=C\CCCCCC)OC(=O)CCCCCCCC/C=C\C/C=C\C/C=C\C/C=C\CC. The highest BCUT2D eigenvalue weighted by molar-refractivity contribution is 5.71. The molecule has 0 heterocycles. The Labute approximate surface area is 493 Å². The zero-order valence-corrected chi connectivity index (χ0v) is 51.8. The van der Waals surface area contributed by atoms with Crippen LogP contribution in [0.25, 0.3) is 0 Å². The smallest absolute Gasteiger partial charge is 0.306 e. The number of hydrogen-bond acceptors (Lipinski definition) is 6. The molecule has 452 valence electrons. The van der Waals surface area contributed by atoms with E-state index >= 15 is 0 Å². The lowest BCUT2D eigenvalue weighted by molar-refractivity contribution is -0.167. The first-order valence-electron chi connectivity index (χ1n) is 32.8. The van der Waals surface area contributed by atoms with Crippen LogP contribution in [0.5, 0.6) is 0 Å². The van der Waals surface area contributed by atoms with Crippen molar-refractivity contribution in [2.45, 2.75) is 290 Å². The standard InChI is InChI=1S/C74H120O6/c1-4-7-10-13-16-19-22-25-28-31-34-35-36-37-38-39-41-43-46-49-52-55-58-61-64-67-73(76)79-70-71(69-78-72(75)66-63-60-57-54-51-48-45-42-33-30-27-24-21-18-15-12-9-6-3)80-74(77)68-65-62-59-56-53-50-47-44-40-32-29-26-23-20-17-14-11-8-5-2/h7-8,10-11,16-17,19-21,24-26,28-30,33-35,37-38,40-41,43-44,71H,4-6,9,12-15,18,22-23,27,31-32,36,39,42,45-70H2,1-3H3/b10-7-,11-8-,19-16-,20-17-,24-21-,28-25-,29-26-,33-30-,35-34-,38-37-,43-41-,44-40-. The lowest BCUT2D eigenvalue weighted by Gasteiger charge is -2.18. The number of esters is 3. The zero-order valence-electron chi connectivity index (χ0n) is 51.8. The lowest BCUT2D eigenvalue weighted by Crippen LogP contribution is -2.30. The summed E-state index contributed by atoms with van der Waals surface area (Å²) in [6.07, 6.45) is 95.5. The van der Waals surface area contributed by atoms with Crippen LogP contribution < -0.4 is 0 Å². The molecule has 6 heteroatoms. The minimum Gasteiger partial charge on any atom is -0.462 e. The lowest BCUT2D eigenvalue weighted by atomic mass is 10.1. The average Bonchev–Trinajstić information content (AvgIpc) is 3.46. The summed E-state index contributed by atoms with van der Waals surface area (Å²) in [7, 11) is 0. The molecular weight excluding hydrogens is 985 g/mol. The molecule has 0 aliphatic carbocycles. The second kappa shape index (κ2) is 66.8. The molecule has 0 aromatic heterocycles. The van der Waals surface area contributed by atoms with Gasteiger partial charge in [0.05, 0.1) is 0 Å². The van der Waals surface area contributed by atoms with Gasteiger partial charge in [-0.15, -0.1) is 0 Å². The Bertz CT molecular complexity index is 1750. The number of ether oxygens (including phenoxy) is 3. The normalized spacial score (nSPS) is 13.1. The van der Waals surface area contributed by atoms with E-state index in [9.17, 15) is 14.4 Å². The first-order valence-corrected chi connectivity index (χ1v) is 32.8.